The molecule has 1 amide bonds. The molecular weight excluding hydrogens is 218 g/mol. The van der Waals surface area contributed by atoms with Crippen LogP contribution in [-0.4, -0.2) is 29.9 Å². The summed E-state index contributed by atoms with van der Waals surface area (Å²) in [6, 6.07) is 0. The highest BCUT2D eigenvalue weighted by Crippen LogP contribution is 2.30. The normalized spacial score (nSPS) is 16.8. The second-order valence-corrected chi connectivity index (χ2v) is 5.04. The molecule has 4 heteroatoms. The lowest BCUT2D eigenvalue weighted by Crippen LogP contribution is -2.44. The first-order valence-corrected chi connectivity index (χ1v) is 6.47. The second kappa shape index (κ2) is 6.15. The van der Waals surface area contributed by atoms with Gasteiger partial charge in [-0.3, -0.25) is 9.59 Å². The Morgan fingerprint density at radius 1 is 1.41 bits per heavy atom. The quantitative estimate of drug-likeness (QED) is 0.705. The smallest absolute Gasteiger partial charge is 0.224 e. The minimum absolute atomic E-state index is 0.00182. The largest absolute Gasteiger partial charge is 0.396 e. The summed E-state index contributed by atoms with van der Waals surface area (Å²) < 4.78 is 0. The van der Waals surface area contributed by atoms with Crippen LogP contribution in [0.1, 0.15) is 46.0 Å². The van der Waals surface area contributed by atoms with E-state index in [1.54, 1.807) is 0 Å². The lowest BCUT2D eigenvalue weighted by atomic mass is 9.78. The van der Waals surface area contributed by atoms with Crippen molar-refractivity contribution in [2.24, 2.45) is 11.3 Å². The van der Waals surface area contributed by atoms with Crippen LogP contribution in [0.5, 0.6) is 0 Å². The molecule has 0 bridgehead atoms. The average molecular weight is 241 g/mol. The van der Waals surface area contributed by atoms with Gasteiger partial charge in [-0.25, -0.2) is 0 Å². The molecule has 1 aliphatic rings. The number of carbonyl (C=O) groups excluding carboxylic acids is 2. The van der Waals surface area contributed by atoms with E-state index in [9.17, 15) is 9.59 Å². The van der Waals surface area contributed by atoms with Crippen molar-refractivity contribution < 1.29 is 14.7 Å². The fourth-order valence-electron chi connectivity index (χ4n) is 2.27. The summed E-state index contributed by atoms with van der Waals surface area (Å²) in [5.41, 5.74) is -0.00182. The molecule has 4 nitrogen and oxygen atoms in total. The molecule has 0 aromatic rings. The molecule has 1 aliphatic carbocycles. The van der Waals surface area contributed by atoms with Gasteiger partial charge in [0.25, 0.3) is 0 Å². The number of aliphatic hydroxyl groups is 1. The van der Waals surface area contributed by atoms with Crippen LogP contribution >= 0.6 is 0 Å². The summed E-state index contributed by atoms with van der Waals surface area (Å²) in [6.07, 6.45) is 3.39. The highest BCUT2D eigenvalue weighted by Gasteiger charge is 2.34. The summed E-state index contributed by atoms with van der Waals surface area (Å²) >= 11 is 0. The number of hydrogen-bond donors (Lipinski definition) is 2. The third-order valence-corrected chi connectivity index (χ3v) is 4.10. The van der Waals surface area contributed by atoms with Crippen LogP contribution in [0.4, 0.5) is 0 Å². The van der Waals surface area contributed by atoms with Gasteiger partial charge in [-0.15, -0.1) is 0 Å². The van der Waals surface area contributed by atoms with E-state index in [0.717, 1.165) is 12.8 Å². The second-order valence-electron chi connectivity index (χ2n) is 5.04. The van der Waals surface area contributed by atoms with Crippen LogP contribution in [0.3, 0.4) is 0 Å². The Kier molecular flexibility index (Phi) is 5.12. The van der Waals surface area contributed by atoms with Gasteiger partial charge in [-0.2, -0.15) is 0 Å². The van der Waals surface area contributed by atoms with Crippen LogP contribution in [0.15, 0.2) is 0 Å². The number of aliphatic hydroxyl groups excluding tert-OH is 1. The number of carbonyl (C=O) groups is 2. The third-order valence-electron chi connectivity index (χ3n) is 4.10. The molecule has 0 aromatic carbocycles. The highest BCUT2D eigenvalue weighted by atomic mass is 16.3. The zero-order valence-electron chi connectivity index (χ0n) is 10.8. The van der Waals surface area contributed by atoms with E-state index in [1.807, 2.05) is 0 Å². The van der Waals surface area contributed by atoms with Crippen LogP contribution in [0, 0.1) is 11.3 Å². The Morgan fingerprint density at radius 3 is 2.41 bits per heavy atom. The third kappa shape index (κ3) is 3.53. The van der Waals surface area contributed by atoms with Gasteiger partial charge in [0.05, 0.1) is 5.92 Å². The first-order chi connectivity index (χ1) is 8.06. The molecule has 0 spiro atoms. The van der Waals surface area contributed by atoms with Crippen LogP contribution in [-0.2, 0) is 9.59 Å². The number of hydrogen-bond acceptors (Lipinski definition) is 3. The van der Waals surface area contributed by atoms with E-state index in [-0.39, 0.29) is 29.6 Å². The Bertz CT molecular complexity index is 276. The molecule has 1 saturated carbocycles. The lowest BCUT2D eigenvalue weighted by Gasteiger charge is -2.33. The Hall–Kier alpha value is -0.900. The van der Waals surface area contributed by atoms with Crippen molar-refractivity contribution in [2.45, 2.75) is 46.0 Å². The summed E-state index contributed by atoms with van der Waals surface area (Å²) in [5.74, 6) is 0.0645. The van der Waals surface area contributed by atoms with Gasteiger partial charge in [0.2, 0.25) is 5.91 Å². The predicted octanol–water partition coefficient (Wildman–Crippen LogP) is 1.27. The minimum atomic E-state index is -0.108. The molecule has 1 rings (SSSR count). The van der Waals surface area contributed by atoms with Crippen molar-refractivity contribution in [3.05, 3.63) is 0 Å². The van der Waals surface area contributed by atoms with Crippen molar-refractivity contribution in [1.82, 2.24) is 5.32 Å². The van der Waals surface area contributed by atoms with E-state index in [2.05, 4.69) is 19.2 Å². The van der Waals surface area contributed by atoms with Crippen molar-refractivity contribution in [3.8, 4) is 0 Å². The molecule has 0 heterocycles. The molecule has 0 atom stereocenters. The van der Waals surface area contributed by atoms with Crippen LogP contribution < -0.4 is 5.32 Å². The summed E-state index contributed by atoms with van der Waals surface area (Å²) in [4.78, 5) is 22.5. The molecule has 0 aliphatic heterocycles. The van der Waals surface area contributed by atoms with Crippen LogP contribution in [0.2, 0.25) is 0 Å². The molecule has 2 N–H and O–H groups in total. The summed E-state index contributed by atoms with van der Waals surface area (Å²) in [5, 5.41) is 12.0. The molecule has 98 valence electrons. The fourth-order valence-corrected chi connectivity index (χ4v) is 2.27. The summed E-state index contributed by atoms with van der Waals surface area (Å²) in [6.45, 7) is 4.92. The monoisotopic (exact) mass is 241 g/mol. The number of nitrogens with one attached hydrogen (secondary N) is 1. The molecule has 0 aromatic heterocycles. The number of ketones is 1. The van der Waals surface area contributed by atoms with Gasteiger partial charge in [-0.1, -0.05) is 13.8 Å². The highest BCUT2D eigenvalue weighted by molar-refractivity contribution is 5.96. The van der Waals surface area contributed by atoms with Crippen molar-refractivity contribution >= 4 is 11.7 Å². The van der Waals surface area contributed by atoms with Gasteiger partial charge in [-0.05, 0) is 24.7 Å². The maximum Gasteiger partial charge on any atom is 0.224 e. The van der Waals surface area contributed by atoms with Crippen molar-refractivity contribution in [3.63, 3.8) is 0 Å². The number of Topliss-reactive ketones (excluding diaryl/α,β-unsaturated/α-hetero) is 1. The molecule has 0 saturated heterocycles. The van der Waals surface area contributed by atoms with E-state index in [4.69, 9.17) is 5.11 Å². The van der Waals surface area contributed by atoms with Gasteiger partial charge in [0, 0.05) is 26.0 Å². The van der Waals surface area contributed by atoms with Crippen molar-refractivity contribution in [2.75, 3.05) is 13.2 Å². The molecule has 0 radical (unpaired) electrons. The first-order valence-electron chi connectivity index (χ1n) is 6.47. The van der Waals surface area contributed by atoms with Gasteiger partial charge < -0.3 is 10.4 Å². The Labute approximate surface area is 103 Å². The van der Waals surface area contributed by atoms with E-state index in [0.29, 0.717) is 25.8 Å². The lowest BCUT2D eigenvalue weighted by molar-refractivity contribution is -0.138. The predicted molar refractivity (Wildman–Crippen MR) is 65.5 cm³/mol. The summed E-state index contributed by atoms with van der Waals surface area (Å²) in [7, 11) is 0. The van der Waals surface area contributed by atoms with Crippen LogP contribution in [0.25, 0.3) is 0 Å². The van der Waals surface area contributed by atoms with E-state index in [1.165, 1.54) is 0 Å². The van der Waals surface area contributed by atoms with E-state index < -0.39 is 0 Å². The standard InChI is InChI=1S/C13H23NO3/c1-3-13(4-2,5-6-15)9-14-12(17)10-7-11(16)8-10/h10,15H,3-9H2,1-2H3,(H,14,17). The molecular formula is C13H23NO3. The number of amides is 1. The van der Waals surface area contributed by atoms with Crippen molar-refractivity contribution in [1.29, 1.82) is 0 Å². The van der Waals surface area contributed by atoms with Gasteiger partial charge in [0.1, 0.15) is 5.78 Å². The molecule has 0 unspecified atom stereocenters. The zero-order chi connectivity index (χ0) is 12.9. The van der Waals surface area contributed by atoms with E-state index >= 15 is 0 Å². The zero-order valence-corrected chi connectivity index (χ0v) is 10.8. The molecule has 17 heavy (non-hydrogen) atoms. The minimum Gasteiger partial charge on any atom is -0.396 e. The van der Waals surface area contributed by atoms with Gasteiger partial charge >= 0.3 is 0 Å². The Morgan fingerprint density at radius 2 is 2.00 bits per heavy atom. The maximum absolute atomic E-state index is 11.7. The number of rotatable bonds is 7. The van der Waals surface area contributed by atoms with Gasteiger partial charge in [0.15, 0.2) is 0 Å². The topological polar surface area (TPSA) is 66.4 Å². The molecule has 1 fully saturated rings. The SMILES string of the molecule is CCC(CC)(CCO)CNC(=O)C1CC(=O)C1. The maximum atomic E-state index is 11.7. The first kappa shape index (κ1) is 14.2. The Balaban J connectivity index is 2.40. The average Bonchev–Trinajstić information content (AvgIpc) is 2.30. The fraction of sp³-hybridized carbons (Fsp3) is 0.846.